The molecule has 0 amide bonds. The standard InChI is InChI=1S/C11H10FN7/c12-10-2-1-9(19-7-16-17-18-19)3-11(10)14-5-8-4-13-6-15-8/h1-4,6-7,14H,5H2,(H,13,15). The second-order valence-electron chi connectivity index (χ2n) is 3.85. The average Bonchev–Trinajstić information content (AvgIpc) is 3.11. The Balaban J connectivity index is 1.82. The zero-order valence-electron chi connectivity index (χ0n) is 9.79. The molecule has 0 fully saturated rings. The molecule has 2 aromatic heterocycles. The van der Waals surface area contributed by atoms with E-state index in [1.165, 1.54) is 17.1 Å². The van der Waals surface area contributed by atoms with Crippen LogP contribution in [0.1, 0.15) is 5.69 Å². The first kappa shape index (κ1) is 11.3. The highest BCUT2D eigenvalue weighted by atomic mass is 19.1. The summed E-state index contributed by atoms with van der Waals surface area (Å²) in [4.78, 5) is 6.83. The predicted octanol–water partition coefficient (Wildman–Crippen LogP) is 1.14. The van der Waals surface area contributed by atoms with Gasteiger partial charge in [-0.2, -0.15) is 0 Å². The van der Waals surface area contributed by atoms with E-state index in [1.54, 1.807) is 24.7 Å². The number of aromatic amines is 1. The van der Waals surface area contributed by atoms with Crippen molar-refractivity contribution in [3.63, 3.8) is 0 Å². The van der Waals surface area contributed by atoms with Gasteiger partial charge < -0.3 is 10.3 Å². The van der Waals surface area contributed by atoms with Gasteiger partial charge in [0.1, 0.15) is 12.1 Å². The van der Waals surface area contributed by atoms with Crippen LogP contribution in [0.25, 0.3) is 5.69 Å². The number of hydrogen-bond acceptors (Lipinski definition) is 5. The molecule has 96 valence electrons. The third-order valence-corrected chi connectivity index (χ3v) is 2.59. The van der Waals surface area contributed by atoms with E-state index in [1.807, 2.05) is 0 Å². The number of halogens is 1. The quantitative estimate of drug-likeness (QED) is 0.734. The van der Waals surface area contributed by atoms with Crippen LogP contribution in [0.15, 0.2) is 37.1 Å². The number of H-pyrrole nitrogens is 1. The number of benzene rings is 1. The van der Waals surface area contributed by atoms with E-state index < -0.39 is 0 Å². The first-order valence-electron chi connectivity index (χ1n) is 5.57. The van der Waals surface area contributed by atoms with Gasteiger partial charge in [-0.3, -0.25) is 0 Å². The lowest BCUT2D eigenvalue weighted by Crippen LogP contribution is -2.03. The molecule has 3 rings (SSSR count). The third kappa shape index (κ3) is 2.41. The van der Waals surface area contributed by atoms with Gasteiger partial charge in [0.2, 0.25) is 0 Å². The van der Waals surface area contributed by atoms with Crippen LogP contribution in [0.3, 0.4) is 0 Å². The highest BCUT2D eigenvalue weighted by Gasteiger charge is 2.06. The molecule has 0 saturated carbocycles. The summed E-state index contributed by atoms with van der Waals surface area (Å²) in [6.07, 6.45) is 4.70. The van der Waals surface area contributed by atoms with Crippen LogP contribution >= 0.6 is 0 Å². The summed E-state index contributed by atoms with van der Waals surface area (Å²) in [6.45, 7) is 0.454. The highest BCUT2D eigenvalue weighted by Crippen LogP contribution is 2.18. The Hall–Kier alpha value is -2.77. The van der Waals surface area contributed by atoms with Gasteiger partial charge in [-0.25, -0.2) is 14.1 Å². The second-order valence-corrected chi connectivity index (χ2v) is 3.85. The lowest BCUT2D eigenvalue weighted by molar-refractivity contribution is 0.629. The molecule has 1 aromatic carbocycles. The maximum atomic E-state index is 13.7. The van der Waals surface area contributed by atoms with Crippen molar-refractivity contribution < 1.29 is 4.39 Å². The van der Waals surface area contributed by atoms with Crippen LogP contribution in [0.2, 0.25) is 0 Å². The number of tetrazole rings is 1. The Morgan fingerprint density at radius 3 is 3.05 bits per heavy atom. The summed E-state index contributed by atoms with van der Waals surface area (Å²) in [7, 11) is 0. The second kappa shape index (κ2) is 4.84. The largest absolute Gasteiger partial charge is 0.377 e. The smallest absolute Gasteiger partial charge is 0.146 e. The van der Waals surface area contributed by atoms with Gasteiger partial charge in [0.25, 0.3) is 0 Å². The van der Waals surface area contributed by atoms with E-state index in [4.69, 9.17) is 0 Å². The van der Waals surface area contributed by atoms with Crippen LogP contribution < -0.4 is 5.32 Å². The SMILES string of the molecule is Fc1ccc(-n2cnnn2)cc1NCc1cnc[nH]1. The minimum absolute atomic E-state index is 0.337. The molecule has 2 heterocycles. The van der Waals surface area contributed by atoms with Gasteiger partial charge in [-0.15, -0.1) is 5.10 Å². The van der Waals surface area contributed by atoms with Crippen molar-refractivity contribution in [1.82, 2.24) is 30.2 Å². The monoisotopic (exact) mass is 259 g/mol. The molecule has 0 spiro atoms. The number of rotatable bonds is 4. The number of nitrogens with one attached hydrogen (secondary N) is 2. The molecule has 0 bridgehead atoms. The molecule has 0 unspecified atom stereocenters. The Labute approximate surface area is 107 Å². The van der Waals surface area contributed by atoms with Gasteiger partial charge in [-0.1, -0.05) is 0 Å². The summed E-state index contributed by atoms with van der Waals surface area (Å²) in [5, 5.41) is 13.8. The number of anilines is 1. The molecule has 19 heavy (non-hydrogen) atoms. The summed E-state index contributed by atoms with van der Waals surface area (Å²) in [6, 6.07) is 4.61. The van der Waals surface area contributed by atoms with Crippen LogP contribution in [0, 0.1) is 5.82 Å². The van der Waals surface area contributed by atoms with Crippen molar-refractivity contribution in [1.29, 1.82) is 0 Å². The topological polar surface area (TPSA) is 84.3 Å². The molecular formula is C11H10FN7. The van der Waals surface area contributed by atoms with E-state index in [2.05, 4.69) is 30.8 Å². The van der Waals surface area contributed by atoms with Gasteiger partial charge in [-0.05, 0) is 28.6 Å². The van der Waals surface area contributed by atoms with E-state index in [0.717, 1.165) is 5.69 Å². The molecular weight excluding hydrogens is 249 g/mol. The van der Waals surface area contributed by atoms with E-state index in [9.17, 15) is 4.39 Å². The number of hydrogen-bond donors (Lipinski definition) is 2. The van der Waals surface area contributed by atoms with Crippen LogP contribution in [-0.4, -0.2) is 30.2 Å². The summed E-state index contributed by atoms with van der Waals surface area (Å²) < 4.78 is 15.1. The van der Waals surface area contributed by atoms with Gasteiger partial charge >= 0.3 is 0 Å². The minimum atomic E-state index is -0.337. The normalized spacial score (nSPS) is 10.6. The average molecular weight is 259 g/mol. The van der Waals surface area contributed by atoms with Crippen molar-refractivity contribution in [3.8, 4) is 5.69 Å². The molecule has 0 aliphatic carbocycles. The first-order chi connectivity index (χ1) is 9.33. The summed E-state index contributed by atoms with van der Waals surface area (Å²) in [5.74, 6) is -0.337. The zero-order chi connectivity index (χ0) is 13.1. The predicted molar refractivity (Wildman–Crippen MR) is 65.0 cm³/mol. The fourth-order valence-corrected chi connectivity index (χ4v) is 1.64. The van der Waals surface area contributed by atoms with Crippen molar-refractivity contribution in [2.45, 2.75) is 6.54 Å². The summed E-state index contributed by atoms with van der Waals surface area (Å²) >= 11 is 0. The number of nitrogens with zero attached hydrogens (tertiary/aromatic N) is 5. The number of aromatic nitrogens is 6. The lowest BCUT2D eigenvalue weighted by Gasteiger charge is -2.08. The van der Waals surface area contributed by atoms with Gasteiger partial charge in [0.15, 0.2) is 0 Å². The molecule has 3 aromatic rings. The first-order valence-corrected chi connectivity index (χ1v) is 5.57. The zero-order valence-corrected chi connectivity index (χ0v) is 9.79. The maximum Gasteiger partial charge on any atom is 0.146 e. The third-order valence-electron chi connectivity index (χ3n) is 2.59. The lowest BCUT2D eigenvalue weighted by atomic mass is 10.2. The van der Waals surface area contributed by atoms with Crippen molar-refractivity contribution in [2.24, 2.45) is 0 Å². The van der Waals surface area contributed by atoms with Gasteiger partial charge in [0.05, 0.1) is 29.9 Å². The van der Waals surface area contributed by atoms with Crippen molar-refractivity contribution >= 4 is 5.69 Å². The Bertz CT molecular complexity index is 648. The minimum Gasteiger partial charge on any atom is -0.377 e. The molecule has 8 heteroatoms. The van der Waals surface area contributed by atoms with Crippen LogP contribution in [0.4, 0.5) is 10.1 Å². The van der Waals surface area contributed by atoms with E-state index >= 15 is 0 Å². The number of imidazole rings is 1. The Kier molecular flexibility index (Phi) is 2.89. The Morgan fingerprint density at radius 1 is 1.37 bits per heavy atom. The molecule has 2 N–H and O–H groups in total. The molecule has 0 radical (unpaired) electrons. The molecule has 7 nitrogen and oxygen atoms in total. The van der Waals surface area contributed by atoms with E-state index in [0.29, 0.717) is 17.9 Å². The molecule has 0 atom stereocenters. The van der Waals surface area contributed by atoms with Crippen molar-refractivity contribution in [3.05, 3.63) is 48.6 Å². The van der Waals surface area contributed by atoms with Gasteiger partial charge in [0, 0.05) is 6.20 Å². The van der Waals surface area contributed by atoms with Crippen molar-refractivity contribution in [2.75, 3.05) is 5.32 Å². The van der Waals surface area contributed by atoms with E-state index in [-0.39, 0.29) is 5.82 Å². The highest BCUT2D eigenvalue weighted by molar-refractivity contribution is 5.52. The van der Waals surface area contributed by atoms with Crippen LogP contribution in [-0.2, 0) is 6.54 Å². The molecule has 0 saturated heterocycles. The summed E-state index contributed by atoms with van der Waals surface area (Å²) in [5.41, 5.74) is 1.92. The fraction of sp³-hybridized carbons (Fsp3) is 0.0909. The molecule has 0 aliphatic rings. The maximum absolute atomic E-state index is 13.7. The van der Waals surface area contributed by atoms with Crippen LogP contribution in [0.5, 0.6) is 0 Å². The Morgan fingerprint density at radius 2 is 2.32 bits per heavy atom. The fourth-order valence-electron chi connectivity index (χ4n) is 1.64. The molecule has 0 aliphatic heterocycles.